The Morgan fingerprint density at radius 2 is 1.67 bits per heavy atom. The molecule has 0 spiro atoms. The molecule has 4 heteroatoms. The number of halogens is 1. The molecule has 18 heavy (non-hydrogen) atoms. The molecule has 0 aliphatic rings. The highest BCUT2D eigenvalue weighted by molar-refractivity contribution is 6.32. The van der Waals surface area contributed by atoms with Gasteiger partial charge in [0.1, 0.15) is 5.75 Å². The number of carboxylic acids is 1. The molecule has 0 saturated heterocycles. The predicted molar refractivity (Wildman–Crippen MR) is 72.6 cm³/mol. The Bertz CT molecular complexity index is 475. The number of phenols is 1. The summed E-state index contributed by atoms with van der Waals surface area (Å²) in [6.45, 7) is 9.05. The summed E-state index contributed by atoms with van der Waals surface area (Å²) in [7, 11) is 0. The van der Waals surface area contributed by atoms with Gasteiger partial charge in [-0.25, -0.2) is 0 Å². The Hall–Kier alpha value is -1.22. The third kappa shape index (κ3) is 2.46. The number of rotatable bonds is 3. The van der Waals surface area contributed by atoms with Crippen molar-refractivity contribution >= 4 is 17.6 Å². The molecular weight excluding hydrogens is 252 g/mol. The van der Waals surface area contributed by atoms with Gasteiger partial charge in [-0.2, -0.15) is 0 Å². The van der Waals surface area contributed by atoms with Gasteiger partial charge in [0, 0.05) is 16.0 Å². The molecule has 0 amide bonds. The number of aliphatic carboxylic acids is 1. The number of hydrogen-bond donors (Lipinski definition) is 2. The van der Waals surface area contributed by atoms with Gasteiger partial charge in [0.2, 0.25) is 0 Å². The third-order valence-electron chi connectivity index (χ3n) is 3.46. The van der Waals surface area contributed by atoms with Crippen molar-refractivity contribution in [1.29, 1.82) is 0 Å². The lowest BCUT2D eigenvalue weighted by atomic mass is 9.77. The van der Waals surface area contributed by atoms with Crippen molar-refractivity contribution in [3.05, 3.63) is 27.3 Å². The Kier molecular flexibility index (Phi) is 3.96. The lowest BCUT2D eigenvalue weighted by Gasteiger charge is -2.28. The molecule has 0 saturated carbocycles. The van der Waals surface area contributed by atoms with E-state index in [9.17, 15) is 9.90 Å². The van der Waals surface area contributed by atoms with Gasteiger partial charge in [-0.3, -0.25) is 4.79 Å². The van der Waals surface area contributed by atoms with Gasteiger partial charge < -0.3 is 10.2 Å². The summed E-state index contributed by atoms with van der Waals surface area (Å²) in [6, 6.07) is 0. The van der Waals surface area contributed by atoms with Crippen LogP contribution in [0.4, 0.5) is 0 Å². The molecule has 0 radical (unpaired) electrons. The monoisotopic (exact) mass is 270 g/mol. The average Bonchev–Trinajstić information content (AvgIpc) is 2.21. The van der Waals surface area contributed by atoms with Crippen molar-refractivity contribution in [3.8, 4) is 5.75 Å². The predicted octanol–water partition coefficient (Wildman–Crippen LogP) is 3.72. The maximum Gasteiger partial charge on any atom is 0.304 e. The average molecular weight is 271 g/mol. The molecule has 1 rings (SSSR count). The van der Waals surface area contributed by atoms with Crippen LogP contribution in [0.2, 0.25) is 5.02 Å². The maximum absolute atomic E-state index is 10.9. The van der Waals surface area contributed by atoms with Gasteiger partial charge in [0.05, 0.1) is 6.42 Å². The normalized spacial score (nSPS) is 11.7. The van der Waals surface area contributed by atoms with E-state index in [-0.39, 0.29) is 12.2 Å². The van der Waals surface area contributed by atoms with Gasteiger partial charge in [-0.05, 0) is 37.5 Å². The van der Waals surface area contributed by atoms with Gasteiger partial charge in [-0.15, -0.1) is 0 Å². The molecule has 0 unspecified atom stereocenters. The van der Waals surface area contributed by atoms with Gasteiger partial charge in [-0.1, -0.05) is 25.4 Å². The van der Waals surface area contributed by atoms with Crippen LogP contribution in [0.3, 0.4) is 0 Å². The van der Waals surface area contributed by atoms with E-state index in [4.69, 9.17) is 16.7 Å². The minimum atomic E-state index is -0.895. The van der Waals surface area contributed by atoms with Crippen LogP contribution < -0.4 is 0 Å². The summed E-state index contributed by atoms with van der Waals surface area (Å²) >= 11 is 6.24. The standard InChI is InChI=1S/C14H19ClO3/c1-7-8(2)13(18)11(9(3)12(7)15)14(4,5)6-10(16)17/h18H,6H2,1-5H3,(H,16,17). The second-order valence-corrected chi connectivity index (χ2v) is 5.74. The van der Waals surface area contributed by atoms with Crippen LogP contribution in [0.1, 0.15) is 42.5 Å². The highest BCUT2D eigenvalue weighted by Gasteiger charge is 2.31. The number of carbonyl (C=O) groups is 1. The number of phenolic OH excluding ortho intramolecular Hbond substituents is 1. The summed E-state index contributed by atoms with van der Waals surface area (Å²) in [6.07, 6.45) is -0.0553. The summed E-state index contributed by atoms with van der Waals surface area (Å²) < 4.78 is 0. The first-order valence-electron chi connectivity index (χ1n) is 5.80. The molecule has 2 N–H and O–H groups in total. The number of benzene rings is 1. The number of hydrogen-bond acceptors (Lipinski definition) is 2. The Balaban J connectivity index is 3.55. The van der Waals surface area contributed by atoms with Crippen LogP contribution in [0.25, 0.3) is 0 Å². The summed E-state index contributed by atoms with van der Waals surface area (Å²) in [5.74, 6) is -0.742. The zero-order valence-corrected chi connectivity index (χ0v) is 12.1. The molecule has 1 aromatic carbocycles. The first kappa shape index (κ1) is 14.8. The highest BCUT2D eigenvalue weighted by Crippen LogP contribution is 2.42. The fourth-order valence-electron chi connectivity index (χ4n) is 2.39. The van der Waals surface area contributed by atoms with E-state index in [0.29, 0.717) is 16.1 Å². The molecule has 0 atom stereocenters. The van der Waals surface area contributed by atoms with Crippen molar-refractivity contribution in [1.82, 2.24) is 0 Å². The molecule has 0 aliphatic heterocycles. The molecule has 3 nitrogen and oxygen atoms in total. The van der Waals surface area contributed by atoms with E-state index >= 15 is 0 Å². The number of carboxylic acid groups (broad SMARTS) is 1. The van der Waals surface area contributed by atoms with Crippen LogP contribution in [0.5, 0.6) is 5.75 Å². The zero-order valence-electron chi connectivity index (χ0n) is 11.4. The van der Waals surface area contributed by atoms with Crippen LogP contribution >= 0.6 is 11.6 Å². The summed E-state index contributed by atoms with van der Waals surface area (Å²) in [4.78, 5) is 10.9. The van der Waals surface area contributed by atoms with Crippen LogP contribution in [-0.4, -0.2) is 16.2 Å². The SMILES string of the molecule is Cc1c(C)c(Cl)c(C)c(C(C)(C)CC(=O)O)c1O. The Morgan fingerprint density at radius 1 is 1.17 bits per heavy atom. The topological polar surface area (TPSA) is 57.5 Å². The van der Waals surface area contributed by atoms with Gasteiger partial charge in [0.15, 0.2) is 0 Å². The molecule has 100 valence electrons. The second kappa shape index (κ2) is 4.81. The van der Waals surface area contributed by atoms with E-state index in [1.165, 1.54) is 0 Å². The van der Waals surface area contributed by atoms with Crippen molar-refractivity contribution in [3.63, 3.8) is 0 Å². The van der Waals surface area contributed by atoms with Gasteiger partial charge in [0.25, 0.3) is 0 Å². The molecular formula is C14H19ClO3. The van der Waals surface area contributed by atoms with E-state index < -0.39 is 11.4 Å². The van der Waals surface area contributed by atoms with Crippen molar-refractivity contribution < 1.29 is 15.0 Å². The first-order chi connectivity index (χ1) is 8.09. The molecule has 0 aromatic heterocycles. The van der Waals surface area contributed by atoms with E-state index in [0.717, 1.165) is 11.1 Å². The smallest absolute Gasteiger partial charge is 0.304 e. The fourth-order valence-corrected chi connectivity index (χ4v) is 2.63. The quantitative estimate of drug-likeness (QED) is 0.880. The molecule has 0 fully saturated rings. The first-order valence-corrected chi connectivity index (χ1v) is 6.18. The fraction of sp³-hybridized carbons (Fsp3) is 0.500. The third-order valence-corrected chi connectivity index (χ3v) is 4.02. The lowest BCUT2D eigenvalue weighted by molar-refractivity contribution is -0.138. The van der Waals surface area contributed by atoms with Gasteiger partial charge >= 0.3 is 5.97 Å². The van der Waals surface area contributed by atoms with Crippen molar-refractivity contribution in [2.45, 2.75) is 46.5 Å². The molecule has 0 heterocycles. The minimum Gasteiger partial charge on any atom is -0.507 e. The minimum absolute atomic E-state index is 0.0553. The highest BCUT2D eigenvalue weighted by atomic mass is 35.5. The van der Waals surface area contributed by atoms with Crippen molar-refractivity contribution in [2.24, 2.45) is 0 Å². The molecule has 0 bridgehead atoms. The summed E-state index contributed by atoms with van der Waals surface area (Å²) in [5, 5.41) is 19.8. The van der Waals surface area contributed by atoms with E-state index in [1.807, 2.05) is 13.8 Å². The zero-order chi connectivity index (χ0) is 14.2. The number of aromatic hydroxyl groups is 1. The second-order valence-electron chi connectivity index (χ2n) is 5.37. The maximum atomic E-state index is 10.9. The largest absolute Gasteiger partial charge is 0.507 e. The van der Waals surface area contributed by atoms with Crippen LogP contribution in [-0.2, 0) is 10.2 Å². The van der Waals surface area contributed by atoms with Crippen LogP contribution in [0.15, 0.2) is 0 Å². The molecule has 1 aromatic rings. The van der Waals surface area contributed by atoms with Crippen LogP contribution in [0, 0.1) is 20.8 Å². The Labute approximate surface area is 112 Å². The van der Waals surface area contributed by atoms with Crippen molar-refractivity contribution in [2.75, 3.05) is 0 Å². The van der Waals surface area contributed by atoms with E-state index in [2.05, 4.69) is 0 Å². The Morgan fingerprint density at radius 3 is 2.11 bits per heavy atom. The van der Waals surface area contributed by atoms with E-state index in [1.54, 1.807) is 20.8 Å². The summed E-state index contributed by atoms with van der Waals surface area (Å²) in [5.41, 5.74) is 2.25. The lowest BCUT2D eigenvalue weighted by Crippen LogP contribution is -2.23. The molecule has 0 aliphatic carbocycles.